The molecule has 1 aliphatic rings. The fraction of sp³-hybridized carbons (Fsp3) is 0.714. The molecular formula is C14H23N3O2. The highest BCUT2D eigenvalue weighted by atomic mass is 16.6. The van der Waals surface area contributed by atoms with E-state index in [1.807, 2.05) is 27.0 Å². The molecule has 2 N–H and O–H groups in total. The molecule has 1 heterocycles. The number of hydrogen-bond acceptors (Lipinski definition) is 3. The summed E-state index contributed by atoms with van der Waals surface area (Å²) in [7, 11) is 0. The van der Waals surface area contributed by atoms with Crippen molar-refractivity contribution in [2.75, 3.05) is 0 Å². The van der Waals surface area contributed by atoms with Crippen molar-refractivity contribution in [2.45, 2.75) is 64.0 Å². The van der Waals surface area contributed by atoms with E-state index in [0.29, 0.717) is 5.92 Å². The zero-order chi connectivity index (χ0) is 13.9. The number of carbonyl (C=O) groups excluding carboxylic acids is 1. The number of carbonyl (C=O) groups is 1. The van der Waals surface area contributed by atoms with Crippen molar-refractivity contribution in [2.24, 2.45) is 0 Å². The number of nitrogens with one attached hydrogen (secondary N) is 2. The predicted octanol–water partition coefficient (Wildman–Crippen LogP) is 2.96. The van der Waals surface area contributed by atoms with E-state index in [9.17, 15) is 4.79 Å². The number of ether oxygens (including phenoxy) is 1. The van der Waals surface area contributed by atoms with Gasteiger partial charge in [0, 0.05) is 24.4 Å². The number of hydrogen-bond donors (Lipinski definition) is 2. The van der Waals surface area contributed by atoms with Crippen LogP contribution in [0.5, 0.6) is 0 Å². The lowest BCUT2D eigenvalue weighted by molar-refractivity contribution is 0.0491. The van der Waals surface area contributed by atoms with Gasteiger partial charge in [0.25, 0.3) is 0 Å². The molecule has 1 amide bonds. The predicted molar refractivity (Wildman–Crippen MR) is 73.0 cm³/mol. The Hall–Kier alpha value is -1.52. The number of nitrogens with zero attached hydrogens (tertiary/aromatic N) is 1. The van der Waals surface area contributed by atoms with Gasteiger partial charge in [-0.15, -0.1) is 0 Å². The van der Waals surface area contributed by atoms with Gasteiger partial charge in [0.1, 0.15) is 11.4 Å². The first kappa shape index (κ1) is 13.9. The molecule has 1 fully saturated rings. The van der Waals surface area contributed by atoms with Crippen LogP contribution in [-0.4, -0.2) is 27.7 Å². The standard InChI is InChI=1S/C14H23N3O2/c1-14(2,3)19-13(18)17-11-6-4-10(5-7-11)12-15-8-9-16-12/h8-11H,4-7H2,1-3H3,(H,15,16)(H,17,18). The molecule has 5 nitrogen and oxygen atoms in total. The van der Waals surface area contributed by atoms with E-state index in [1.54, 1.807) is 6.20 Å². The van der Waals surface area contributed by atoms with Crippen LogP contribution in [0.2, 0.25) is 0 Å². The topological polar surface area (TPSA) is 67.0 Å². The molecule has 0 aliphatic heterocycles. The SMILES string of the molecule is CC(C)(C)OC(=O)NC1CCC(c2ncc[nH]2)CC1. The summed E-state index contributed by atoms with van der Waals surface area (Å²) in [5, 5.41) is 2.95. The highest BCUT2D eigenvalue weighted by Gasteiger charge is 2.26. The highest BCUT2D eigenvalue weighted by molar-refractivity contribution is 5.68. The fourth-order valence-electron chi connectivity index (χ4n) is 2.49. The molecule has 2 rings (SSSR count). The molecular weight excluding hydrogens is 242 g/mol. The van der Waals surface area contributed by atoms with E-state index in [4.69, 9.17) is 4.74 Å². The van der Waals surface area contributed by atoms with Crippen molar-refractivity contribution in [3.63, 3.8) is 0 Å². The summed E-state index contributed by atoms with van der Waals surface area (Å²) < 4.78 is 5.27. The third kappa shape index (κ3) is 4.26. The number of alkyl carbamates (subject to hydrolysis) is 1. The van der Waals surface area contributed by atoms with Gasteiger partial charge in [-0.2, -0.15) is 0 Å². The van der Waals surface area contributed by atoms with Crippen LogP contribution in [0.3, 0.4) is 0 Å². The molecule has 1 aromatic rings. The first-order valence-corrected chi connectivity index (χ1v) is 6.93. The maximum Gasteiger partial charge on any atom is 0.407 e. The Morgan fingerprint density at radius 1 is 1.37 bits per heavy atom. The molecule has 1 saturated carbocycles. The molecule has 0 saturated heterocycles. The summed E-state index contributed by atoms with van der Waals surface area (Å²) in [6.45, 7) is 5.63. The second-order valence-corrected chi connectivity index (χ2v) is 6.17. The zero-order valence-electron chi connectivity index (χ0n) is 11.9. The zero-order valence-corrected chi connectivity index (χ0v) is 11.9. The molecule has 106 valence electrons. The molecule has 0 radical (unpaired) electrons. The van der Waals surface area contributed by atoms with Crippen LogP contribution >= 0.6 is 0 Å². The lowest BCUT2D eigenvalue weighted by Crippen LogP contribution is -2.40. The number of amides is 1. The fourth-order valence-corrected chi connectivity index (χ4v) is 2.49. The Balaban J connectivity index is 1.76. The van der Waals surface area contributed by atoms with Gasteiger partial charge < -0.3 is 15.0 Å². The third-order valence-corrected chi connectivity index (χ3v) is 3.35. The van der Waals surface area contributed by atoms with Crippen LogP contribution < -0.4 is 5.32 Å². The minimum Gasteiger partial charge on any atom is -0.444 e. The average Bonchev–Trinajstić information content (AvgIpc) is 2.80. The van der Waals surface area contributed by atoms with E-state index in [0.717, 1.165) is 31.5 Å². The summed E-state index contributed by atoms with van der Waals surface area (Å²) in [6.07, 6.45) is 7.40. The summed E-state index contributed by atoms with van der Waals surface area (Å²) in [4.78, 5) is 19.2. The number of rotatable bonds is 2. The number of imidazole rings is 1. The summed E-state index contributed by atoms with van der Waals surface area (Å²) in [5.74, 6) is 1.56. The summed E-state index contributed by atoms with van der Waals surface area (Å²) in [5.41, 5.74) is -0.435. The van der Waals surface area contributed by atoms with Gasteiger partial charge in [-0.1, -0.05) is 0 Å². The van der Waals surface area contributed by atoms with Gasteiger partial charge in [0.05, 0.1) is 0 Å². The Kier molecular flexibility index (Phi) is 4.12. The van der Waals surface area contributed by atoms with E-state index >= 15 is 0 Å². The maximum atomic E-state index is 11.7. The van der Waals surface area contributed by atoms with Crippen LogP contribution in [-0.2, 0) is 4.74 Å². The monoisotopic (exact) mass is 265 g/mol. The van der Waals surface area contributed by atoms with Crippen LogP contribution in [0.15, 0.2) is 12.4 Å². The smallest absolute Gasteiger partial charge is 0.407 e. The maximum absolute atomic E-state index is 11.7. The average molecular weight is 265 g/mol. The highest BCUT2D eigenvalue weighted by Crippen LogP contribution is 2.30. The number of H-pyrrole nitrogens is 1. The molecule has 0 unspecified atom stereocenters. The van der Waals surface area contributed by atoms with Gasteiger partial charge in [-0.05, 0) is 46.5 Å². The van der Waals surface area contributed by atoms with Crippen molar-refractivity contribution in [3.05, 3.63) is 18.2 Å². The lowest BCUT2D eigenvalue weighted by Gasteiger charge is -2.29. The lowest BCUT2D eigenvalue weighted by atomic mass is 9.85. The number of aromatic amines is 1. The molecule has 1 aliphatic carbocycles. The van der Waals surface area contributed by atoms with E-state index in [2.05, 4.69) is 15.3 Å². The van der Waals surface area contributed by atoms with Crippen LogP contribution in [0.25, 0.3) is 0 Å². The number of aromatic nitrogens is 2. The second-order valence-electron chi connectivity index (χ2n) is 6.17. The molecule has 0 atom stereocenters. The Morgan fingerprint density at radius 3 is 2.58 bits per heavy atom. The van der Waals surface area contributed by atoms with Crippen LogP contribution in [0.1, 0.15) is 58.2 Å². The minimum atomic E-state index is -0.435. The minimum absolute atomic E-state index is 0.223. The summed E-state index contributed by atoms with van der Waals surface area (Å²) in [6, 6.07) is 0.223. The Labute approximate surface area is 114 Å². The molecule has 0 spiro atoms. The largest absolute Gasteiger partial charge is 0.444 e. The first-order valence-electron chi connectivity index (χ1n) is 6.93. The third-order valence-electron chi connectivity index (χ3n) is 3.35. The second kappa shape index (κ2) is 5.63. The van der Waals surface area contributed by atoms with E-state index < -0.39 is 5.60 Å². The molecule has 0 bridgehead atoms. The van der Waals surface area contributed by atoms with Crippen LogP contribution in [0, 0.1) is 0 Å². The summed E-state index contributed by atoms with van der Waals surface area (Å²) >= 11 is 0. The quantitative estimate of drug-likeness (QED) is 0.864. The van der Waals surface area contributed by atoms with Gasteiger partial charge in [-0.3, -0.25) is 0 Å². The molecule has 19 heavy (non-hydrogen) atoms. The van der Waals surface area contributed by atoms with Crippen molar-refractivity contribution in [1.82, 2.24) is 15.3 Å². The van der Waals surface area contributed by atoms with E-state index in [1.165, 1.54) is 0 Å². The van der Waals surface area contributed by atoms with Gasteiger partial charge in [0.15, 0.2) is 0 Å². The van der Waals surface area contributed by atoms with Crippen molar-refractivity contribution in [1.29, 1.82) is 0 Å². The van der Waals surface area contributed by atoms with Crippen molar-refractivity contribution >= 4 is 6.09 Å². The van der Waals surface area contributed by atoms with E-state index in [-0.39, 0.29) is 12.1 Å². The van der Waals surface area contributed by atoms with Crippen molar-refractivity contribution in [3.8, 4) is 0 Å². The first-order chi connectivity index (χ1) is 8.94. The van der Waals surface area contributed by atoms with Gasteiger partial charge in [0.2, 0.25) is 0 Å². The van der Waals surface area contributed by atoms with Crippen molar-refractivity contribution < 1.29 is 9.53 Å². The van der Waals surface area contributed by atoms with Crippen LogP contribution in [0.4, 0.5) is 4.79 Å². The van der Waals surface area contributed by atoms with Gasteiger partial charge in [-0.25, -0.2) is 9.78 Å². The Morgan fingerprint density at radius 2 is 2.05 bits per heavy atom. The molecule has 1 aromatic heterocycles. The van der Waals surface area contributed by atoms with Gasteiger partial charge >= 0.3 is 6.09 Å². The Bertz CT molecular complexity index is 401. The molecule has 5 heteroatoms. The normalized spacial score (nSPS) is 23.9. The molecule has 0 aromatic carbocycles.